The van der Waals surface area contributed by atoms with Crippen LogP contribution in [0.1, 0.15) is 38.3 Å². The van der Waals surface area contributed by atoms with Gasteiger partial charge in [-0.25, -0.2) is 4.79 Å². The van der Waals surface area contributed by atoms with Crippen molar-refractivity contribution in [3.8, 4) is 0 Å². The molecule has 1 aliphatic rings. The van der Waals surface area contributed by atoms with E-state index in [0.29, 0.717) is 25.2 Å². The standard InChI is InChI=1S/C17H25NO6S/c1-16(2,3)24-15(19)18-17(9-10-23-12-17)14-7-5-13(6-8-14)11-25(20,21)22-4/h5-8H,9-12H2,1-4H3,(H,18,19). The third-order valence-corrected chi connectivity index (χ3v) is 5.06. The average molecular weight is 371 g/mol. The summed E-state index contributed by atoms with van der Waals surface area (Å²) in [4.78, 5) is 12.2. The lowest BCUT2D eigenvalue weighted by Gasteiger charge is -2.31. The lowest BCUT2D eigenvalue weighted by Crippen LogP contribution is -2.48. The zero-order chi connectivity index (χ0) is 18.7. The van der Waals surface area contributed by atoms with Gasteiger partial charge in [0.05, 0.1) is 19.3 Å². The molecule has 1 aliphatic heterocycles. The maximum Gasteiger partial charge on any atom is 0.408 e. The third-order valence-electron chi connectivity index (χ3n) is 3.87. The van der Waals surface area contributed by atoms with Crippen molar-refractivity contribution in [1.29, 1.82) is 0 Å². The van der Waals surface area contributed by atoms with Gasteiger partial charge in [0.2, 0.25) is 0 Å². The molecule has 1 fully saturated rings. The van der Waals surface area contributed by atoms with E-state index in [-0.39, 0.29) is 5.75 Å². The average Bonchev–Trinajstić information content (AvgIpc) is 2.95. The van der Waals surface area contributed by atoms with E-state index in [1.165, 1.54) is 0 Å². The number of carbonyl (C=O) groups excluding carboxylic acids is 1. The van der Waals surface area contributed by atoms with Crippen LogP contribution in [0.25, 0.3) is 0 Å². The minimum absolute atomic E-state index is 0.202. The van der Waals surface area contributed by atoms with Gasteiger partial charge < -0.3 is 14.8 Å². The lowest BCUT2D eigenvalue weighted by molar-refractivity contribution is 0.0437. The summed E-state index contributed by atoms with van der Waals surface area (Å²) in [5, 5.41) is 2.92. The number of hydrogen-bond acceptors (Lipinski definition) is 6. The lowest BCUT2D eigenvalue weighted by atomic mass is 9.89. The largest absolute Gasteiger partial charge is 0.444 e. The molecule has 0 bridgehead atoms. The van der Waals surface area contributed by atoms with E-state index in [2.05, 4.69) is 9.50 Å². The topological polar surface area (TPSA) is 90.9 Å². The molecule has 1 N–H and O–H groups in total. The number of rotatable bonds is 5. The van der Waals surface area contributed by atoms with Crippen LogP contribution in [-0.4, -0.2) is 40.4 Å². The summed E-state index contributed by atoms with van der Waals surface area (Å²) in [6.07, 6.45) is 0.103. The maximum absolute atomic E-state index is 12.2. The molecule has 1 aromatic rings. The molecular weight excluding hydrogens is 346 g/mol. The van der Waals surface area contributed by atoms with Crippen molar-refractivity contribution >= 4 is 16.2 Å². The first-order chi connectivity index (χ1) is 11.6. The van der Waals surface area contributed by atoms with Gasteiger partial charge in [-0.1, -0.05) is 24.3 Å². The number of nitrogens with one attached hydrogen (secondary N) is 1. The second-order valence-electron chi connectivity index (χ2n) is 7.08. The monoisotopic (exact) mass is 371 g/mol. The quantitative estimate of drug-likeness (QED) is 0.799. The van der Waals surface area contributed by atoms with Crippen LogP contribution in [0.2, 0.25) is 0 Å². The molecule has 0 aromatic heterocycles. The molecule has 140 valence electrons. The number of carbonyl (C=O) groups is 1. The van der Waals surface area contributed by atoms with E-state index in [1.54, 1.807) is 45.0 Å². The van der Waals surface area contributed by atoms with Crippen LogP contribution in [0.15, 0.2) is 24.3 Å². The van der Waals surface area contributed by atoms with E-state index in [1.807, 2.05) is 0 Å². The van der Waals surface area contributed by atoms with Gasteiger partial charge in [0, 0.05) is 13.0 Å². The fraction of sp³-hybridized carbons (Fsp3) is 0.588. The second-order valence-corrected chi connectivity index (χ2v) is 8.81. The number of ether oxygens (including phenoxy) is 2. The van der Waals surface area contributed by atoms with Crippen molar-refractivity contribution in [2.75, 3.05) is 20.3 Å². The van der Waals surface area contributed by atoms with Crippen LogP contribution in [0.4, 0.5) is 4.79 Å². The molecule has 0 aliphatic carbocycles. The van der Waals surface area contributed by atoms with E-state index in [0.717, 1.165) is 12.7 Å². The maximum atomic E-state index is 12.2. The molecule has 25 heavy (non-hydrogen) atoms. The number of amides is 1. The first-order valence-corrected chi connectivity index (χ1v) is 9.60. The van der Waals surface area contributed by atoms with Gasteiger partial charge in [0.1, 0.15) is 11.4 Å². The van der Waals surface area contributed by atoms with Crippen molar-refractivity contribution in [2.45, 2.75) is 44.1 Å². The Morgan fingerprint density at radius 3 is 2.40 bits per heavy atom. The molecule has 1 unspecified atom stereocenters. The van der Waals surface area contributed by atoms with Crippen LogP contribution in [0.5, 0.6) is 0 Å². The molecule has 1 saturated heterocycles. The summed E-state index contributed by atoms with van der Waals surface area (Å²) in [5.74, 6) is -0.202. The Morgan fingerprint density at radius 1 is 1.28 bits per heavy atom. The molecule has 0 saturated carbocycles. The van der Waals surface area contributed by atoms with Crippen molar-refractivity contribution < 1.29 is 26.9 Å². The van der Waals surface area contributed by atoms with Gasteiger partial charge in [-0.05, 0) is 31.9 Å². The summed E-state index contributed by atoms with van der Waals surface area (Å²) < 4.78 is 38.4. The zero-order valence-electron chi connectivity index (χ0n) is 15.0. The molecule has 0 spiro atoms. The molecule has 1 amide bonds. The summed E-state index contributed by atoms with van der Waals surface area (Å²) >= 11 is 0. The summed E-state index contributed by atoms with van der Waals surface area (Å²) in [6.45, 7) is 6.26. The minimum Gasteiger partial charge on any atom is -0.444 e. The van der Waals surface area contributed by atoms with Gasteiger partial charge in [0.25, 0.3) is 10.1 Å². The molecule has 2 rings (SSSR count). The van der Waals surface area contributed by atoms with Gasteiger partial charge in [-0.3, -0.25) is 4.18 Å². The highest BCUT2D eigenvalue weighted by molar-refractivity contribution is 7.85. The van der Waals surface area contributed by atoms with Crippen LogP contribution in [0.3, 0.4) is 0 Å². The second kappa shape index (κ2) is 7.31. The summed E-state index contributed by atoms with van der Waals surface area (Å²) in [7, 11) is -2.44. The Balaban J connectivity index is 2.18. The van der Waals surface area contributed by atoms with Crippen molar-refractivity contribution in [3.05, 3.63) is 35.4 Å². The first kappa shape index (κ1) is 19.7. The number of alkyl carbamates (subject to hydrolysis) is 1. The van der Waals surface area contributed by atoms with Crippen LogP contribution in [0, 0.1) is 0 Å². The number of benzene rings is 1. The Hall–Kier alpha value is -1.64. The molecule has 1 aromatic carbocycles. The highest BCUT2D eigenvalue weighted by Crippen LogP contribution is 2.31. The molecule has 8 heteroatoms. The molecule has 0 radical (unpaired) electrons. The van der Waals surface area contributed by atoms with E-state index in [9.17, 15) is 13.2 Å². The van der Waals surface area contributed by atoms with Crippen molar-refractivity contribution in [2.24, 2.45) is 0 Å². The van der Waals surface area contributed by atoms with Crippen LogP contribution in [-0.2, 0) is 35.1 Å². The first-order valence-electron chi connectivity index (χ1n) is 8.02. The third kappa shape index (κ3) is 5.42. The highest BCUT2D eigenvalue weighted by Gasteiger charge is 2.39. The fourth-order valence-corrected chi connectivity index (χ4v) is 3.36. The SMILES string of the molecule is COS(=O)(=O)Cc1ccc(C2(NC(=O)OC(C)(C)C)CCOC2)cc1. The normalized spacial score (nSPS) is 21.1. The van der Waals surface area contributed by atoms with Crippen molar-refractivity contribution in [1.82, 2.24) is 5.32 Å². The molecular formula is C17H25NO6S. The molecule has 1 atom stereocenters. The predicted octanol–water partition coefficient (Wildman–Crippen LogP) is 2.30. The van der Waals surface area contributed by atoms with Gasteiger partial charge in [-0.15, -0.1) is 0 Å². The Morgan fingerprint density at radius 2 is 1.92 bits per heavy atom. The summed E-state index contributed by atoms with van der Waals surface area (Å²) in [6, 6.07) is 7.02. The highest BCUT2D eigenvalue weighted by atomic mass is 32.2. The predicted molar refractivity (Wildman–Crippen MR) is 92.6 cm³/mol. The Kier molecular flexibility index (Phi) is 5.75. The Labute approximate surface area is 148 Å². The van der Waals surface area contributed by atoms with Crippen LogP contribution >= 0.6 is 0 Å². The van der Waals surface area contributed by atoms with Gasteiger partial charge >= 0.3 is 6.09 Å². The van der Waals surface area contributed by atoms with E-state index < -0.39 is 27.4 Å². The van der Waals surface area contributed by atoms with Crippen LogP contribution < -0.4 is 5.32 Å². The summed E-state index contributed by atoms with van der Waals surface area (Å²) in [5.41, 5.74) is 0.177. The van der Waals surface area contributed by atoms with Gasteiger partial charge in [-0.2, -0.15) is 8.42 Å². The van der Waals surface area contributed by atoms with E-state index in [4.69, 9.17) is 9.47 Å². The van der Waals surface area contributed by atoms with E-state index >= 15 is 0 Å². The van der Waals surface area contributed by atoms with Crippen molar-refractivity contribution in [3.63, 3.8) is 0 Å². The molecule has 1 heterocycles. The smallest absolute Gasteiger partial charge is 0.408 e. The minimum atomic E-state index is -3.57. The Bertz CT molecular complexity index is 700. The zero-order valence-corrected chi connectivity index (χ0v) is 15.8. The molecule has 7 nitrogen and oxygen atoms in total. The van der Waals surface area contributed by atoms with Gasteiger partial charge in [0.15, 0.2) is 0 Å². The fourth-order valence-electron chi connectivity index (χ4n) is 2.65. The number of hydrogen-bond donors (Lipinski definition) is 1.